The summed E-state index contributed by atoms with van der Waals surface area (Å²) in [6.07, 6.45) is 2.05. The van der Waals surface area contributed by atoms with E-state index in [4.69, 9.17) is 0 Å². The van der Waals surface area contributed by atoms with Crippen LogP contribution in [0.2, 0.25) is 0 Å². The molecule has 0 bridgehead atoms. The standard InChI is InChI=1S/C9H14BrN3O2/c1-3-9(2,4-14)13-7-6(10)8(15)12-5-11-7/h5,14H,3-4H2,1-2H3,(H2,11,12,13,15). The number of nitrogens with zero attached hydrogens (tertiary/aromatic N) is 1. The van der Waals surface area contributed by atoms with Crippen LogP contribution in [0.3, 0.4) is 0 Å². The quantitative estimate of drug-likeness (QED) is 0.769. The molecule has 15 heavy (non-hydrogen) atoms. The fraction of sp³-hybridized carbons (Fsp3) is 0.556. The summed E-state index contributed by atoms with van der Waals surface area (Å²) in [6.45, 7) is 3.79. The molecule has 0 saturated heterocycles. The lowest BCUT2D eigenvalue weighted by Crippen LogP contribution is -2.38. The summed E-state index contributed by atoms with van der Waals surface area (Å²) in [6, 6.07) is 0. The Labute approximate surface area is 96.1 Å². The average Bonchev–Trinajstić information content (AvgIpc) is 2.25. The molecule has 1 rings (SSSR count). The van der Waals surface area contributed by atoms with Gasteiger partial charge in [-0.3, -0.25) is 4.79 Å². The lowest BCUT2D eigenvalue weighted by molar-refractivity contribution is 0.218. The van der Waals surface area contributed by atoms with Gasteiger partial charge in [0.2, 0.25) is 0 Å². The first-order chi connectivity index (χ1) is 7.02. The van der Waals surface area contributed by atoms with Crippen molar-refractivity contribution in [2.75, 3.05) is 11.9 Å². The average molecular weight is 276 g/mol. The molecule has 0 fully saturated rings. The molecular formula is C9H14BrN3O2. The van der Waals surface area contributed by atoms with E-state index < -0.39 is 5.54 Å². The molecule has 1 atom stereocenters. The number of halogens is 1. The molecule has 6 heteroatoms. The predicted octanol–water partition coefficient (Wildman–Crippen LogP) is 1.11. The highest BCUT2D eigenvalue weighted by Crippen LogP contribution is 2.20. The van der Waals surface area contributed by atoms with Gasteiger partial charge in [-0.2, -0.15) is 0 Å². The van der Waals surface area contributed by atoms with Crippen molar-refractivity contribution >= 4 is 21.7 Å². The fourth-order valence-corrected chi connectivity index (χ4v) is 1.31. The van der Waals surface area contributed by atoms with Gasteiger partial charge < -0.3 is 15.4 Å². The smallest absolute Gasteiger partial charge is 0.267 e. The summed E-state index contributed by atoms with van der Waals surface area (Å²) in [5.74, 6) is 0.442. The van der Waals surface area contributed by atoms with Crippen LogP contribution in [-0.4, -0.2) is 27.2 Å². The van der Waals surface area contributed by atoms with Gasteiger partial charge >= 0.3 is 0 Å². The van der Waals surface area contributed by atoms with Crippen LogP contribution < -0.4 is 10.9 Å². The number of aliphatic hydroxyl groups excluding tert-OH is 1. The molecule has 1 aromatic heterocycles. The highest BCUT2D eigenvalue weighted by atomic mass is 79.9. The van der Waals surface area contributed by atoms with Crippen LogP contribution in [0.4, 0.5) is 5.82 Å². The molecule has 3 N–H and O–H groups in total. The molecule has 1 heterocycles. The number of rotatable bonds is 4. The number of aliphatic hydroxyl groups is 1. The Balaban J connectivity index is 2.99. The Morgan fingerprint density at radius 2 is 2.40 bits per heavy atom. The maximum atomic E-state index is 11.3. The number of aromatic nitrogens is 2. The summed E-state index contributed by atoms with van der Waals surface area (Å²) in [4.78, 5) is 17.7. The van der Waals surface area contributed by atoms with Crippen molar-refractivity contribution in [1.29, 1.82) is 0 Å². The van der Waals surface area contributed by atoms with E-state index in [2.05, 4.69) is 31.2 Å². The van der Waals surface area contributed by atoms with Gasteiger partial charge in [0.25, 0.3) is 5.56 Å². The maximum Gasteiger partial charge on any atom is 0.267 e. The highest BCUT2D eigenvalue weighted by molar-refractivity contribution is 9.10. The Morgan fingerprint density at radius 3 is 2.93 bits per heavy atom. The van der Waals surface area contributed by atoms with Crippen LogP contribution in [0, 0.1) is 0 Å². The van der Waals surface area contributed by atoms with E-state index in [0.29, 0.717) is 10.3 Å². The van der Waals surface area contributed by atoms with Gasteiger partial charge in [0.1, 0.15) is 10.3 Å². The van der Waals surface area contributed by atoms with E-state index in [1.807, 2.05) is 13.8 Å². The second-order valence-corrected chi connectivity index (χ2v) is 4.38. The van der Waals surface area contributed by atoms with Crippen molar-refractivity contribution in [3.05, 3.63) is 21.2 Å². The number of nitrogens with one attached hydrogen (secondary N) is 2. The highest BCUT2D eigenvalue weighted by Gasteiger charge is 2.22. The number of aromatic amines is 1. The summed E-state index contributed by atoms with van der Waals surface area (Å²) < 4.78 is 0.345. The Morgan fingerprint density at radius 1 is 1.73 bits per heavy atom. The van der Waals surface area contributed by atoms with Gasteiger partial charge in [-0.05, 0) is 29.3 Å². The van der Waals surface area contributed by atoms with Crippen LogP contribution in [-0.2, 0) is 0 Å². The fourth-order valence-electron chi connectivity index (χ4n) is 0.996. The minimum atomic E-state index is -0.469. The first-order valence-electron chi connectivity index (χ1n) is 4.64. The molecule has 0 saturated carbocycles. The van der Waals surface area contributed by atoms with Crippen molar-refractivity contribution < 1.29 is 5.11 Å². The molecule has 0 aliphatic heterocycles. The maximum absolute atomic E-state index is 11.3. The summed E-state index contributed by atoms with van der Waals surface area (Å²) in [5.41, 5.74) is -0.715. The largest absolute Gasteiger partial charge is 0.394 e. The second kappa shape index (κ2) is 4.76. The summed E-state index contributed by atoms with van der Waals surface area (Å²) >= 11 is 3.14. The predicted molar refractivity (Wildman–Crippen MR) is 62.0 cm³/mol. The van der Waals surface area contributed by atoms with E-state index in [9.17, 15) is 9.90 Å². The van der Waals surface area contributed by atoms with E-state index in [1.54, 1.807) is 0 Å². The van der Waals surface area contributed by atoms with Gasteiger partial charge in [-0.1, -0.05) is 6.92 Å². The molecule has 84 valence electrons. The second-order valence-electron chi connectivity index (χ2n) is 3.59. The van der Waals surface area contributed by atoms with Crippen molar-refractivity contribution in [2.45, 2.75) is 25.8 Å². The topological polar surface area (TPSA) is 78.0 Å². The summed E-state index contributed by atoms with van der Waals surface area (Å²) in [7, 11) is 0. The van der Waals surface area contributed by atoms with Crippen molar-refractivity contribution in [2.24, 2.45) is 0 Å². The van der Waals surface area contributed by atoms with Gasteiger partial charge in [-0.15, -0.1) is 0 Å². The summed E-state index contributed by atoms with van der Waals surface area (Å²) in [5, 5.41) is 12.3. The molecule has 0 radical (unpaired) electrons. The molecular weight excluding hydrogens is 262 g/mol. The third-order valence-corrected chi connectivity index (χ3v) is 3.08. The van der Waals surface area contributed by atoms with Crippen LogP contribution in [0.25, 0.3) is 0 Å². The third-order valence-electron chi connectivity index (χ3n) is 2.35. The number of anilines is 1. The Kier molecular flexibility index (Phi) is 3.87. The molecule has 0 spiro atoms. The molecule has 5 nitrogen and oxygen atoms in total. The van der Waals surface area contributed by atoms with Crippen LogP contribution in [0.1, 0.15) is 20.3 Å². The minimum absolute atomic E-state index is 0.0234. The third kappa shape index (κ3) is 2.79. The molecule has 0 aliphatic rings. The first-order valence-corrected chi connectivity index (χ1v) is 5.44. The first kappa shape index (κ1) is 12.2. The van der Waals surface area contributed by atoms with Crippen LogP contribution in [0.15, 0.2) is 15.6 Å². The Hall–Kier alpha value is -0.880. The zero-order valence-electron chi connectivity index (χ0n) is 8.67. The molecule has 0 aromatic carbocycles. The van der Waals surface area contributed by atoms with Crippen molar-refractivity contribution in [3.8, 4) is 0 Å². The van der Waals surface area contributed by atoms with Crippen LogP contribution in [0.5, 0.6) is 0 Å². The van der Waals surface area contributed by atoms with E-state index in [1.165, 1.54) is 6.33 Å². The molecule has 0 aliphatic carbocycles. The molecule has 1 aromatic rings. The van der Waals surface area contributed by atoms with Crippen molar-refractivity contribution in [3.63, 3.8) is 0 Å². The van der Waals surface area contributed by atoms with Gasteiger partial charge in [0.15, 0.2) is 0 Å². The minimum Gasteiger partial charge on any atom is -0.394 e. The zero-order valence-corrected chi connectivity index (χ0v) is 10.3. The zero-order chi connectivity index (χ0) is 11.5. The van der Waals surface area contributed by atoms with Crippen LogP contribution >= 0.6 is 15.9 Å². The SMILES string of the molecule is CCC(C)(CO)Nc1nc[nH]c(=O)c1Br. The molecule has 1 unspecified atom stereocenters. The normalized spacial score (nSPS) is 14.7. The number of H-pyrrole nitrogens is 1. The Bertz CT molecular complexity index is 387. The van der Waals surface area contributed by atoms with Gasteiger partial charge in [-0.25, -0.2) is 4.98 Å². The van der Waals surface area contributed by atoms with Gasteiger partial charge in [0, 0.05) is 0 Å². The number of hydrogen-bond acceptors (Lipinski definition) is 4. The number of hydrogen-bond donors (Lipinski definition) is 3. The van der Waals surface area contributed by atoms with Gasteiger partial charge in [0.05, 0.1) is 18.5 Å². The lowest BCUT2D eigenvalue weighted by Gasteiger charge is -2.27. The van der Waals surface area contributed by atoms with Crippen molar-refractivity contribution in [1.82, 2.24) is 9.97 Å². The van der Waals surface area contributed by atoms with E-state index >= 15 is 0 Å². The van der Waals surface area contributed by atoms with E-state index in [-0.39, 0.29) is 12.2 Å². The lowest BCUT2D eigenvalue weighted by atomic mass is 10.0. The van der Waals surface area contributed by atoms with E-state index in [0.717, 1.165) is 6.42 Å². The monoisotopic (exact) mass is 275 g/mol. The molecule has 0 amide bonds.